The third kappa shape index (κ3) is 8.74. The van der Waals surface area contributed by atoms with Gasteiger partial charge in [-0.15, -0.1) is 13.2 Å². The SMILES string of the molecule is CN(C(=O)N1CCC(c2ccc(NC3CCCNC3=O)cc2)CC1)C1CCN(Cc2ccc(-c3cn(C)c(=O)c4cc(F)ccc34)cc2OC(F)(F)F)CC1. The lowest BCUT2D eigenvalue weighted by atomic mass is 9.89. The highest BCUT2D eigenvalue weighted by atomic mass is 19.4. The van der Waals surface area contributed by atoms with Gasteiger partial charge in [0.25, 0.3) is 5.56 Å². The first kappa shape index (κ1) is 38.2. The highest BCUT2D eigenvalue weighted by Crippen LogP contribution is 2.36. The maximum Gasteiger partial charge on any atom is 0.573 e. The first-order valence-corrected chi connectivity index (χ1v) is 18.9. The Labute approximate surface area is 317 Å². The number of benzene rings is 3. The highest BCUT2D eigenvalue weighted by molar-refractivity contribution is 5.96. The van der Waals surface area contributed by atoms with E-state index in [2.05, 4.69) is 32.4 Å². The van der Waals surface area contributed by atoms with Gasteiger partial charge in [-0.1, -0.05) is 30.3 Å². The first-order chi connectivity index (χ1) is 26.3. The molecule has 1 aromatic heterocycles. The van der Waals surface area contributed by atoms with Crippen molar-refractivity contribution in [2.24, 2.45) is 7.05 Å². The number of piperidine rings is 3. The summed E-state index contributed by atoms with van der Waals surface area (Å²) in [5, 5.41) is 6.78. The van der Waals surface area contributed by atoms with Crippen molar-refractivity contribution in [3.05, 3.63) is 94.2 Å². The number of carbonyl (C=O) groups excluding carboxylic acids is 2. The zero-order valence-corrected chi connectivity index (χ0v) is 31.0. The van der Waals surface area contributed by atoms with E-state index < -0.39 is 17.7 Å². The van der Waals surface area contributed by atoms with E-state index in [1.165, 1.54) is 41.6 Å². The molecule has 55 heavy (non-hydrogen) atoms. The number of alkyl halides is 3. The van der Waals surface area contributed by atoms with Crippen LogP contribution < -0.4 is 20.9 Å². The minimum Gasteiger partial charge on any atom is -0.405 e. The van der Waals surface area contributed by atoms with Crippen LogP contribution in [0.5, 0.6) is 5.75 Å². The van der Waals surface area contributed by atoms with E-state index in [4.69, 9.17) is 0 Å². The van der Waals surface area contributed by atoms with E-state index >= 15 is 0 Å². The molecule has 3 saturated heterocycles. The second-order valence-corrected chi connectivity index (χ2v) is 14.9. The lowest BCUT2D eigenvalue weighted by Crippen LogP contribution is -2.51. The Hall–Kier alpha value is -5.11. The van der Waals surface area contributed by atoms with Gasteiger partial charge >= 0.3 is 12.4 Å². The van der Waals surface area contributed by atoms with Crippen LogP contribution in [-0.4, -0.2) is 89.4 Å². The molecule has 0 radical (unpaired) electrons. The lowest BCUT2D eigenvalue weighted by Gasteiger charge is -2.40. The smallest absolute Gasteiger partial charge is 0.405 e. The van der Waals surface area contributed by atoms with Crippen LogP contribution in [0.2, 0.25) is 0 Å². The van der Waals surface area contributed by atoms with Gasteiger partial charge in [0.15, 0.2) is 0 Å². The summed E-state index contributed by atoms with van der Waals surface area (Å²) < 4.78 is 60.7. The first-order valence-electron chi connectivity index (χ1n) is 18.9. The number of aryl methyl sites for hydroxylation is 1. The molecular weight excluding hydrogens is 716 g/mol. The summed E-state index contributed by atoms with van der Waals surface area (Å²) >= 11 is 0. The Morgan fingerprint density at radius 3 is 2.35 bits per heavy atom. The van der Waals surface area contributed by atoms with Crippen molar-refractivity contribution in [2.45, 2.75) is 69.4 Å². The van der Waals surface area contributed by atoms with Crippen LogP contribution in [0.15, 0.2) is 71.7 Å². The van der Waals surface area contributed by atoms with Crippen molar-refractivity contribution in [1.82, 2.24) is 24.6 Å². The van der Waals surface area contributed by atoms with Crippen LogP contribution in [0.3, 0.4) is 0 Å². The van der Waals surface area contributed by atoms with Gasteiger partial charge in [-0.3, -0.25) is 14.5 Å². The van der Waals surface area contributed by atoms with Crippen LogP contribution in [0.1, 0.15) is 55.6 Å². The molecule has 1 atom stereocenters. The Morgan fingerprint density at radius 1 is 0.927 bits per heavy atom. The number of carbonyl (C=O) groups is 2. The van der Waals surface area contributed by atoms with Crippen LogP contribution in [0, 0.1) is 5.82 Å². The zero-order chi connectivity index (χ0) is 38.9. The zero-order valence-electron chi connectivity index (χ0n) is 31.0. The molecule has 0 saturated carbocycles. The minimum atomic E-state index is -4.93. The Balaban J connectivity index is 0.940. The van der Waals surface area contributed by atoms with Gasteiger partial charge in [0.1, 0.15) is 17.6 Å². The number of aromatic nitrogens is 1. The molecule has 292 valence electrons. The molecule has 4 aromatic rings. The fourth-order valence-corrected chi connectivity index (χ4v) is 8.19. The number of halogens is 4. The topological polar surface area (TPSA) is 99.1 Å². The molecule has 4 heterocycles. The van der Waals surface area contributed by atoms with Crippen molar-refractivity contribution < 1.29 is 31.9 Å². The van der Waals surface area contributed by atoms with Gasteiger partial charge in [-0.05, 0) is 91.3 Å². The van der Waals surface area contributed by atoms with Crippen LogP contribution >= 0.6 is 0 Å². The van der Waals surface area contributed by atoms with Crippen LogP contribution in [0.25, 0.3) is 21.9 Å². The Bertz CT molecular complexity index is 2090. The molecule has 0 spiro atoms. The number of nitrogens with one attached hydrogen (secondary N) is 2. The summed E-state index contributed by atoms with van der Waals surface area (Å²) in [6.07, 6.45) is 1.44. The van der Waals surface area contributed by atoms with Gasteiger partial charge in [-0.25, -0.2) is 9.18 Å². The minimum absolute atomic E-state index is 0.00359. The van der Waals surface area contributed by atoms with E-state index in [0.717, 1.165) is 44.0 Å². The third-order valence-electron chi connectivity index (χ3n) is 11.3. The summed E-state index contributed by atoms with van der Waals surface area (Å²) in [6, 6.07) is 16.5. The predicted octanol–water partition coefficient (Wildman–Crippen LogP) is 6.83. The number of nitrogens with zero attached hydrogens (tertiary/aromatic N) is 4. The molecule has 3 amide bonds. The van der Waals surface area contributed by atoms with Crippen molar-refractivity contribution >= 4 is 28.4 Å². The molecule has 10 nitrogen and oxygen atoms in total. The highest BCUT2D eigenvalue weighted by Gasteiger charge is 2.34. The third-order valence-corrected chi connectivity index (χ3v) is 11.3. The van der Waals surface area contributed by atoms with E-state index in [9.17, 15) is 31.9 Å². The number of anilines is 1. The second-order valence-electron chi connectivity index (χ2n) is 14.9. The second kappa shape index (κ2) is 15.9. The Morgan fingerprint density at radius 2 is 1.65 bits per heavy atom. The summed E-state index contributed by atoms with van der Waals surface area (Å²) in [4.78, 5) is 44.2. The number of pyridine rings is 1. The standard InChI is InChI=1S/C41H46F4N6O4/c1-48-25-35(33-12-9-30(42)23-34(33)39(48)53)28-5-6-29(37(22-28)55-41(43,44)45)24-50-18-15-32(16-19-50)49(2)40(54)51-20-13-27(14-21-51)26-7-10-31(11-8-26)47-36-4-3-17-46-38(36)52/h5-12,22-23,25,27,32,36,47H,3-4,13-21,24H2,1-2H3,(H,46,52). The summed E-state index contributed by atoms with van der Waals surface area (Å²) in [5.41, 5.74) is 2.96. The predicted molar refractivity (Wildman–Crippen MR) is 202 cm³/mol. The summed E-state index contributed by atoms with van der Waals surface area (Å²) in [5.74, 6) is -0.546. The molecule has 14 heteroatoms. The van der Waals surface area contributed by atoms with E-state index in [1.807, 2.05) is 29.0 Å². The number of urea groups is 1. The number of hydrogen-bond donors (Lipinski definition) is 2. The number of ether oxygens (including phenoxy) is 1. The normalized spacial score (nSPS) is 19.0. The van der Waals surface area contributed by atoms with Gasteiger partial charge in [0.05, 0.1) is 5.39 Å². The van der Waals surface area contributed by atoms with Crippen molar-refractivity contribution in [1.29, 1.82) is 0 Å². The maximum atomic E-state index is 14.0. The fourth-order valence-electron chi connectivity index (χ4n) is 8.19. The van der Waals surface area contributed by atoms with Gasteiger partial charge in [0, 0.05) is 82.4 Å². The monoisotopic (exact) mass is 762 g/mol. The molecular formula is C41H46F4N6O4. The van der Waals surface area contributed by atoms with Crippen LogP contribution in [0.4, 0.5) is 28.0 Å². The average molecular weight is 763 g/mol. The molecule has 3 aromatic carbocycles. The summed E-state index contributed by atoms with van der Waals surface area (Å²) in [6.45, 7) is 3.42. The van der Waals surface area contributed by atoms with E-state index in [0.29, 0.717) is 67.0 Å². The quantitative estimate of drug-likeness (QED) is 0.191. The van der Waals surface area contributed by atoms with E-state index in [1.54, 1.807) is 12.1 Å². The van der Waals surface area contributed by atoms with Crippen LogP contribution in [-0.2, 0) is 18.4 Å². The van der Waals surface area contributed by atoms with Gasteiger partial charge < -0.3 is 29.7 Å². The van der Waals surface area contributed by atoms with Gasteiger partial charge in [0.2, 0.25) is 5.91 Å². The van der Waals surface area contributed by atoms with Crippen molar-refractivity contribution in [3.63, 3.8) is 0 Å². The number of fused-ring (bicyclic) bond motifs is 1. The number of hydrogen-bond acceptors (Lipinski definition) is 6. The van der Waals surface area contributed by atoms with E-state index in [-0.39, 0.29) is 41.7 Å². The summed E-state index contributed by atoms with van der Waals surface area (Å²) in [7, 11) is 3.34. The Kier molecular flexibility index (Phi) is 11.1. The molecule has 2 N–H and O–H groups in total. The average Bonchev–Trinajstić information content (AvgIpc) is 3.17. The molecule has 3 fully saturated rings. The fraction of sp³-hybridized carbons (Fsp3) is 0.439. The van der Waals surface area contributed by atoms with Gasteiger partial charge in [-0.2, -0.15) is 0 Å². The van der Waals surface area contributed by atoms with Crippen molar-refractivity contribution in [2.75, 3.05) is 45.1 Å². The molecule has 7 rings (SSSR count). The molecule has 1 unspecified atom stereocenters. The molecule has 0 aliphatic carbocycles. The lowest BCUT2D eigenvalue weighted by molar-refractivity contribution is -0.275. The number of amides is 3. The number of rotatable bonds is 8. The molecule has 3 aliphatic rings. The van der Waals surface area contributed by atoms with Crippen molar-refractivity contribution in [3.8, 4) is 16.9 Å². The largest absolute Gasteiger partial charge is 0.573 e. The number of likely N-dealkylation sites (tertiary alicyclic amines) is 2. The molecule has 3 aliphatic heterocycles. The molecule has 0 bridgehead atoms. The maximum absolute atomic E-state index is 14.0.